The Bertz CT molecular complexity index is 630. The van der Waals surface area contributed by atoms with E-state index in [-0.39, 0.29) is 11.9 Å². The first-order chi connectivity index (χ1) is 9.69. The minimum absolute atomic E-state index is 0.181. The summed E-state index contributed by atoms with van der Waals surface area (Å²) in [7, 11) is 1.93. The summed E-state index contributed by atoms with van der Waals surface area (Å²) in [5.74, 6) is 1.33. The van der Waals surface area contributed by atoms with Crippen molar-refractivity contribution in [2.24, 2.45) is 13.0 Å². The van der Waals surface area contributed by atoms with E-state index < -0.39 is 0 Å². The number of fused-ring (bicyclic) bond motifs is 1. The maximum absolute atomic E-state index is 11.8. The molecule has 0 bridgehead atoms. The van der Waals surface area contributed by atoms with Crippen molar-refractivity contribution in [1.29, 1.82) is 0 Å². The fourth-order valence-electron chi connectivity index (χ4n) is 2.34. The molecular weight excluding hydrogens is 258 g/mol. The smallest absolute Gasteiger partial charge is 0.312 e. The molecule has 0 spiro atoms. The summed E-state index contributed by atoms with van der Waals surface area (Å²) in [5, 5.41) is 7.73. The summed E-state index contributed by atoms with van der Waals surface area (Å²) in [5.41, 5.74) is 0.796. The average molecular weight is 275 g/mol. The van der Waals surface area contributed by atoms with Crippen molar-refractivity contribution in [2.45, 2.75) is 13.5 Å². The predicted octanol–water partition coefficient (Wildman–Crippen LogP) is 0.888. The number of imidazole rings is 1. The second-order valence-corrected chi connectivity index (χ2v) is 4.79. The minimum atomic E-state index is -0.198. The molecule has 3 heterocycles. The van der Waals surface area contributed by atoms with Gasteiger partial charge in [0.05, 0.1) is 19.1 Å². The molecule has 106 valence electrons. The van der Waals surface area contributed by atoms with Crippen LogP contribution in [0.15, 0.2) is 18.5 Å². The molecule has 0 saturated carbocycles. The lowest BCUT2D eigenvalue weighted by atomic mass is 10.1. The molecule has 1 atom stereocenters. The van der Waals surface area contributed by atoms with Crippen molar-refractivity contribution in [3.8, 4) is 11.5 Å². The minimum Gasteiger partial charge on any atom is -0.466 e. The Hall–Kier alpha value is -2.31. The van der Waals surface area contributed by atoms with E-state index in [9.17, 15) is 4.79 Å². The molecule has 0 saturated heterocycles. The van der Waals surface area contributed by atoms with E-state index in [1.54, 1.807) is 10.9 Å². The SMILES string of the molecule is CCOC(=O)C1CNc2cc(-c3nccn3C)nn2C1. The van der Waals surface area contributed by atoms with Gasteiger partial charge in [-0.25, -0.2) is 9.67 Å². The molecule has 0 radical (unpaired) electrons. The fourth-order valence-corrected chi connectivity index (χ4v) is 2.34. The zero-order valence-electron chi connectivity index (χ0n) is 11.5. The van der Waals surface area contributed by atoms with Gasteiger partial charge in [-0.05, 0) is 6.92 Å². The third kappa shape index (κ3) is 2.15. The van der Waals surface area contributed by atoms with Crippen LogP contribution in [0.1, 0.15) is 6.92 Å². The highest BCUT2D eigenvalue weighted by atomic mass is 16.5. The highest BCUT2D eigenvalue weighted by Crippen LogP contribution is 2.24. The van der Waals surface area contributed by atoms with Crippen LogP contribution in [0.3, 0.4) is 0 Å². The lowest BCUT2D eigenvalue weighted by Crippen LogP contribution is -2.34. The van der Waals surface area contributed by atoms with Crippen LogP contribution in [0.5, 0.6) is 0 Å². The zero-order valence-corrected chi connectivity index (χ0v) is 11.5. The molecule has 0 aliphatic carbocycles. The maximum Gasteiger partial charge on any atom is 0.312 e. The normalized spacial score (nSPS) is 17.4. The monoisotopic (exact) mass is 275 g/mol. The van der Waals surface area contributed by atoms with E-state index in [0.717, 1.165) is 17.3 Å². The number of esters is 1. The van der Waals surface area contributed by atoms with Crippen LogP contribution in [0, 0.1) is 5.92 Å². The Labute approximate surface area is 116 Å². The molecule has 2 aromatic heterocycles. The number of aryl methyl sites for hydroxylation is 1. The van der Waals surface area contributed by atoms with Crippen molar-refractivity contribution in [2.75, 3.05) is 18.5 Å². The van der Waals surface area contributed by atoms with Crippen LogP contribution in [0.2, 0.25) is 0 Å². The van der Waals surface area contributed by atoms with Gasteiger partial charge in [-0.1, -0.05) is 0 Å². The second-order valence-electron chi connectivity index (χ2n) is 4.79. The molecule has 7 nitrogen and oxygen atoms in total. The largest absolute Gasteiger partial charge is 0.466 e. The summed E-state index contributed by atoms with van der Waals surface area (Å²) in [6, 6.07) is 1.95. The molecule has 7 heteroatoms. The van der Waals surface area contributed by atoms with Crippen molar-refractivity contribution in [3.63, 3.8) is 0 Å². The topological polar surface area (TPSA) is 74.0 Å². The Morgan fingerprint density at radius 2 is 2.45 bits per heavy atom. The predicted molar refractivity (Wildman–Crippen MR) is 73.0 cm³/mol. The third-order valence-electron chi connectivity index (χ3n) is 3.37. The molecule has 0 amide bonds. The molecule has 20 heavy (non-hydrogen) atoms. The Kier molecular flexibility index (Phi) is 3.17. The van der Waals surface area contributed by atoms with E-state index in [0.29, 0.717) is 19.7 Å². The zero-order chi connectivity index (χ0) is 14.1. The molecular formula is C13H17N5O2. The Balaban J connectivity index is 1.83. The lowest BCUT2D eigenvalue weighted by molar-refractivity contribution is -0.148. The van der Waals surface area contributed by atoms with Crippen molar-refractivity contribution in [1.82, 2.24) is 19.3 Å². The summed E-state index contributed by atoms with van der Waals surface area (Å²) >= 11 is 0. The standard InChI is InChI=1S/C13H17N5O2/c1-3-20-13(19)9-7-15-11-6-10(16-18(11)8-9)12-14-4-5-17(12)2/h4-6,9,15H,3,7-8H2,1-2H3. The molecule has 1 unspecified atom stereocenters. The van der Waals surface area contributed by atoms with Gasteiger partial charge >= 0.3 is 5.97 Å². The second kappa shape index (κ2) is 4.99. The summed E-state index contributed by atoms with van der Waals surface area (Å²) in [4.78, 5) is 16.1. The van der Waals surface area contributed by atoms with Crippen LogP contribution in [-0.4, -0.2) is 38.5 Å². The highest BCUT2D eigenvalue weighted by molar-refractivity contribution is 5.74. The quantitative estimate of drug-likeness (QED) is 0.842. The third-order valence-corrected chi connectivity index (χ3v) is 3.37. The van der Waals surface area contributed by atoms with E-state index in [1.165, 1.54) is 0 Å². The van der Waals surface area contributed by atoms with Crippen LogP contribution < -0.4 is 5.32 Å². The number of carbonyl (C=O) groups is 1. The van der Waals surface area contributed by atoms with Gasteiger partial charge in [0.15, 0.2) is 5.82 Å². The van der Waals surface area contributed by atoms with E-state index in [2.05, 4.69) is 15.4 Å². The van der Waals surface area contributed by atoms with Gasteiger partial charge < -0.3 is 14.6 Å². The van der Waals surface area contributed by atoms with Crippen LogP contribution in [0.4, 0.5) is 5.82 Å². The van der Waals surface area contributed by atoms with Crippen LogP contribution >= 0.6 is 0 Å². The first kappa shape index (κ1) is 12.7. The summed E-state index contributed by atoms with van der Waals surface area (Å²) in [6.07, 6.45) is 3.62. The van der Waals surface area contributed by atoms with Gasteiger partial charge in [0.2, 0.25) is 0 Å². The van der Waals surface area contributed by atoms with Crippen molar-refractivity contribution < 1.29 is 9.53 Å². The van der Waals surface area contributed by atoms with Crippen LogP contribution in [-0.2, 0) is 23.1 Å². The number of rotatable bonds is 3. The lowest BCUT2D eigenvalue weighted by Gasteiger charge is -2.23. The number of nitrogens with one attached hydrogen (secondary N) is 1. The number of carbonyl (C=O) groups excluding carboxylic acids is 1. The van der Waals surface area contributed by atoms with Crippen molar-refractivity contribution >= 4 is 11.8 Å². The van der Waals surface area contributed by atoms with Gasteiger partial charge in [-0.2, -0.15) is 5.10 Å². The maximum atomic E-state index is 11.8. The molecule has 1 aliphatic heterocycles. The van der Waals surface area contributed by atoms with E-state index >= 15 is 0 Å². The summed E-state index contributed by atoms with van der Waals surface area (Å²) < 4.78 is 8.77. The summed E-state index contributed by atoms with van der Waals surface area (Å²) in [6.45, 7) is 3.32. The molecule has 0 fully saturated rings. The molecule has 1 aliphatic rings. The first-order valence-corrected chi connectivity index (χ1v) is 6.65. The first-order valence-electron chi connectivity index (χ1n) is 6.65. The molecule has 1 N–H and O–H groups in total. The molecule has 2 aromatic rings. The number of hydrogen-bond acceptors (Lipinski definition) is 5. The highest BCUT2D eigenvalue weighted by Gasteiger charge is 2.27. The van der Waals surface area contributed by atoms with E-state index in [4.69, 9.17) is 4.74 Å². The van der Waals surface area contributed by atoms with Gasteiger partial charge in [-0.3, -0.25) is 4.79 Å². The number of nitrogens with zero attached hydrogens (tertiary/aromatic N) is 4. The molecule has 3 rings (SSSR count). The Morgan fingerprint density at radius 1 is 1.60 bits per heavy atom. The molecule has 0 aromatic carbocycles. The Morgan fingerprint density at radius 3 is 3.15 bits per heavy atom. The average Bonchev–Trinajstić information content (AvgIpc) is 3.03. The number of anilines is 1. The van der Waals surface area contributed by atoms with Gasteiger partial charge in [-0.15, -0.1) is 0 Å². The van der Waals surface area contributed by atoms with Crippen LogP contribution in [0.25, 0.3) is 11.5 Å². The van der Waals surface area contributed by atoms with Gasteiger partial charge in [0, 0.05) is 32.1 Å². The number of ether oxygens (including phenoxy) is 1. The van der Waals surface area contributed by atoms with E-state index in [1.807, 2.05) is 30.8 Å². The number of hydrogen-bond donors (Lipinski definition) is 1. The fraction of sp³-hybridized carbons (Fsp3) is 0.462. The number of aromatic nitrogens is 4. The van der Waals surface area contributed by atoms with Crippen molar-refractivity contribution in [3.05, 3.63) is 18.5 Å². The van der Waals surface area contributed by atoms with Gasteiger partial charge in [0.1, 0.15) is 11.5 Å². The van der Waals surface area contributed by atoms with Gasteiger partial charge in [0.25, 0.3) is 0 Å².